The average Bonchev–Trinajstić information content (AvgIpc) is 3.09. The molecule has 0 fully saturated rings. The molecule has 0 spiro atoms. The highest BCUT2D eigenvalue weighted by molar-refractivity contribution is 6.35. The van der Waals surface area contributed by atoms with Crippen molar-refractivity contribution in [3.8, 4) is 5.75 Å². The molecule has 1 aliphatic rings. The lowest BCUT2D eigenvalue weighted by Gasteiger charge is -2.21. The summed E-state index contributed by atoms with van der Waals surface area (Å²) in [6.45, 7) is 11.3. The summed E-state index contributed by atoms with van der Waals surface area (Å²) < 4.78 is 6.40. The molecule has 164 valence electrons. The van der Waals surface area contributed by atoms with Crippen LogP contribution in [-0.2, 0) is 11.4 Å². The Morgan fingerprint density at radius 1 is 0.906 bits per heavy atom. The number of aryl methyl sites for hydroxylation is 1. The number of rotatable bonds is 6. The molecule has 0 bridgehead atoms. The number of hydrogen-bond donors (Lipinski definition) is 1. The summed E-state index contributed by atoms with van der Waals surface area (Å²) >= 11 is 0. The first kappa shape index (κ1) is 21.9. The Morgan fingerprint density at radius 3 is 2.19 bits per heavy atom. The average molecular weight is 426 g/mol. The van der Waals surface area contributed by atoms with E-state index in [0.29, 0.717) is 18.4 Å². The van der Waals surface area contributed by atoms with Crippen molar-refractivity contribution in [2.75, 3.05) is 5.32 Å². The van der Waals surface area contributed by atoms with Crippen molar-refractivity contribution < 1.29 is 9.53 Å². The van der Waals surface area contributed by atoms with Crippen LogP contribution in [0.3, 0.4) is 0 Å². The van der Waals surface area contributed by atoms with Crippen molar-refractivity contribution in [3.05, 3.63) is 94.0 Å². The number of amides is 1. The second-order valence-electron chi connectivity index (χ2n) is 9.12. The molecule has 0 radical (unpaired) electrons. The summed E-state index contributed by atoms with van der Waals surface area (Å²) in [6, 6.07) is 20.6. The lowest BCUT2D eigenvalue weighted by Crippen LogP contribution is -2.06. The largest absolute Gasteiger partial charge is 0.488 e. The molecule has 0 saturated heterocycles. The van der Waals surface area contributed by atoms with E-state index in [9.17, 15) is 4.79 Å². The minimum absolute atomic E-state index is 0.0455. The quantitative estimate of drug-likeness (QED) is 0.420. The van der Waals surface area contributed by atoms with E-state index in [0.717, 1.165) is 39.3 Å². The van der Waals surface area contributed by atoms with Crippen molar-refractivity contribution in [1.82, 2.24) is 0 Å². The fourth-order valence-corrected chi connectivity index (χ4v) is 4.27. The molecule has 1 aliphatic heterocycles. The smallest absolute Gasteiger partial charge is 0.256 e. The Balaban J connectivity index is 1.78. The number of carbonyl (C=O) groups excluding carboxylic acids is 1. The molecule has 3 heteroatoms. The van der Waals surface area contributed by atoms with Crippen LogP contribution >= 0.6 is 0 Å². The van der Waals surface area contributed by atoms with Crippen LogP contribution in [0, 0.1) is 6.92 Å². The monoisotopic (exact) mass is 425 g/mol. The molecular formula is C29H31NO2. The first-order chi connectivity index (χ1) is 15.3. The topological polar surface area (TPSA) is 38.3 Å². The van der Waals surface area contributed by atoms with Gasteiger partial charge in [0.1, 0.15) is 12.4 Å². The lowest BCUT2D eigenvalue weighted by atomic mass is 9.90. The number of hydrogen-bond acceptors (Lipinski definition) is 2. The molecule has 1 amide bonds. The zero-order chi connectivity index (χ0) is 22.8. The molecule has 1 N–H and O–H groups in total. The molecule has 3 nitrogen and oxygen atoms in total. The summed E-state index contributed by atoms with van der Waals surface area (Å²) in [5, 5.41) is 3.00. The number of anilines is 1. The van der Waals surface area contributed by atoms with E-state index in [-0.39, 0.29) is 5.91 Å². The van der Waals surface area contributed by atoms with Gasteiger partial charge in [-0.3, -0.25) is 4.79 Å². The van der Waals surface area contributed by atoms with Crippen LogP contribution in [0.4, 0.5) is 5.69 Å². The number of benzene rings is 3. The summed E-state index contributed by atoms with van der Waals surface area (Å²) in [7, 11) is 0. The van der Waals surface area contributed by atoms with E-state index in [4.69, 9.17) is 4.74 Å². The van der Waals surface area contributed by atoms with Crippen molar-refractivity contribution in [1.29, 1.82) is 0 Å². The normalized spacial score (nSPS) is 14.2. The number of nitrogens with one attached hydrogen (secondary N) is 1. The highest BCUT2D eigenvalue weighted by atomic mass is 16.5. The van der Waals surface area contributed by atoms with Crippen molar-refractivity contribution in [3.63, 3.8) is 0 Å². The van der Waals surface area contributed by atoms with Gasteiger partial charge >= 0.3 is 0 Å². The summed E-state index contributed by atoms with van der Waals surface area (Å²) in [5.74, 6) is 1.51. The predicted molar refractivity (Wildman–Crippen MR) is 133 cm³/mol. The maximum Gasteiger partial charge on any atom is 0.256 e. The molecule has 0 aliphatic carbocycles. The Bertz CT molecular complexity index is 1140. The zero-order valence-electron chi connectivity index (χ0n) is 19.5. The summed E-state index contributed by atoms with van der Waals surface area (Å²) in [6.07, 6.45) is 2.02. The van der Waals surface area contributed by atoms with Crippen LogP contribution in [-0.4, -0.2) is 5.91 Å². The second-order valence-corrected chi connectivity index (χ2v) is 9.12. The van der Waals surface area contributed by atoms with Gasteiger partial charge in [0.15, 0.2) is 0 Å². The fourth-order valence-electron chi connectivity index (χ4n) is 4.27. The van der Waals surface area contributed by atoms with E-state index in [2.05, 4.69) is 57.3 Å². The predicted octanol–water partition coefficient (Wildman–Crippen LogP) is 7.31. The van der Waals surface area contributed by atoms with E-state index in [1.54, 1.807) is 0 Å². The van der Waals surface area contributed by atoms with Gasteiger partial charge in [0.2, 0.25) is 0 Å². The molecule has 1 heterocycles. The van der Waals surface area contributed by atoms with Crippen LogP contribution in [0.2, 0.25) is 0 Å². The number of fused-ring (bicyclic) bond motifs is 1. The Hall–Kier alpha value is -3.33. The Labute approximate surface area is 191 Å². The maximum absolute atomic E-state index is 12.7. The van der Waals surface area contributed by atoms with Crippen LogP contribution in [0.1, 0.15) is 72.9 Å². The third kappa shape index (κ3) is 4.34. The third-order valence-electron chi connectivity index (χ3n) is 5.98. The fraction of sp³-hybridized carbons (Fsp3) is 0.276. The molecule has 0 aromatic heterocycles. The van der Waals surface area contributed by atoms with Crippen molar-refractivity contribution >= 4 is 23.2 Å². The standard InChI is InChI=1S/C29H31NO2/c1-18(2)23-14-22(16-25-27-20(5)10-9-13-26(27)30-29(25)31)15-24(19(3)4)28(23)32-17-21-11-7-6-8-12-21/h6-16,18-19H,17H2,1-5H3,(H,30,31)/b25-16-. The highest BCUT2D eigenvalue weighted by Crippen LogP contribution is 2.39. The van der Waals surface area contributed by atoms with Gasteiger partial charge in [-0.2, -0.15) is 0 Å². The summed E-state index contributed by atoms with van der Waals surface area (Å²) in [5.41, 5.74) is 8.23. The van der Waals surface area contributed by atoms with Gasteiger partial charge in [0.05, 0.1) is 0 Å². The molecule has 0 saturated carbocycles. The van der Waals surface area contributed by atoms with Gasteiger partial charge in [-0.05, 0) is 70.9 Å². The molecule has 32 heavy (non-hydrogen) atoms. The Morgan fingerprint density at radius 2 is 1.56 bits per heavy atom. The van der Waals surface area contributed by atoms with E-state index in [1.165, 1.54) is 11.1 Å². The molecule has 4 rings (SSSR count). The molecule has 3 aromatic carbocycles. The van der Waals surface area contributed by atoms with Gasteiger partial charge in [-0.25, -0.2) is 0 Å². The maximum atomic E-state index is 12.7. The highest BCUT2D eigenvalue weighted by Gasteiger charge is 2.26. The third-order valence-corrected chi connectivity index (χ3v) is 5.98. The number of carbonyl (C=O) groups is 1. The lowest BCUT2D eigenvalue weighted by molar-refractivity contribution is -0.110. The minimum Gasteiger partial charge on any atom is -0.488 e. The second kappa shape index (κ2) is 9.04. The van der Waals surface area contributed by atoms with Crippen LogP contribution in [0.5, 0.6) is 5.75 Å². The van der Waals surface area contributed by atoms with Gasteiger partial charge in [0.25, 0.3) is 5.91 Å². The van der Waals surface area contributed by atoms with E-state index >= 15 is 0 Å². The van der Waals surface area contributed by atoms with E-state index < -0.39 is 0 Å². The van der Waals surface area contributed by atoms with Crippen LogP contribution in [0.15, 0.2) is 60.7 Å². The van der Waals surface area contributed by atoms with Crippen molar-refractivity contribution in [2.24, 2.45) is 0 Å². The van der Waals surface area contributed by atoms with Gasteiger partial charge in [-0.15, -0.1) is 0 Å². The van der Waals surface area contributed by atoms with Gasteiger partial charge in [0, 0.05) is 16.8 Å². The van der Waals surface area contributed by atoms with E-state index in [1.807, 2.05) is 49.4 Å². The Kier molecular flexibility index (Phi) is 6.18. The molecule has 0 atom stereocenters. The number of ether oxygens (including phenoxy) is 1. The summed E-state index contributed by atoms with van der Waals surface area (Å²) in [4.78, 5) is 12.7. The van der Waals surface area contributed by atoms with Crippen LogP contribution in [0.25, 0.3) is 11.6 Å². The SMILES string of the molecule is Cc1cccc2c1/C(=C/c1cc(C(C)C)c(OCc3ccccc3)c(C(C)C)c1)C(=O)N2. The molecule has 0 unspecified atom stereocenters. The van der Waals surface area contributed by atoms with Gasteiger partial charge < -0.3 is 10.1 Å². The minimum atomic E-state index is -0.0455. The molecular weight excluding hydrogens is 394 g/mol. The van der Waals surface area contributed by atoms with Crippen LogP contribution < -0.4 is 10.1 Å². The van der Waals surface area contributed by atoms with Crippen molar-refractivity contribution in [2.45, 2.75) is 53.1 Å². The first-order valence-electron chi connectivity index (χ1n) is 11.3. The molecule has 3 aromatic rings. The first-order valence-corrected chi connectivity index (χ1v) is 11.3. The van der Waals surface area contributed by atoms with Gasteiger partial charge in [-0.1, -0.05) is 70.2 Å². The zero-order valence-corrected chi connectivity index (χ0v) is 19.5.